The smallest absolute Gasteiger partial charge is 0.0820 e. The van der Waals surface area contributed by atoms with Crippen LogP contribution < -0.4 is 0 Å². The average molecular weight is 222 g/mol. The van der Waals surface area contributed by atoms with Crippen molar-refractivity contribution >= 4 is 11.8 Å². The molecule has 0 spiro atoms. The van der Waals surface area contributed by atoms with Gasteiger partial charge in [0.25, 0.3) is 0 Å². The largest absolute Gasteiger partial charge is 0.388 e. The fourth-order valence-electron chi connectivity index (χ4n) is 1.24. The number of hydrogen-bond donors (Lipinski definition) is 1. The van der Waals surface area contributed by atoms with Crippen LogP contribution in [0.1, 0.15) is 25.8 Å². The molecule has 1 N–H and O–H groups in total. The van der Waals surface area contributed by atoms with Crippen LogP contribution in [0, 0.1) is 6.92 Å². The van der Waals surface area contributed by atoms with Gasteiger partial charge in [-0.25, -0.2) is 0 Å². The number of rotatable bonds is 4. The molecule has 0 saturated heterocycles. The molecule has 1 aromatic rings. The summed E-state index contributed by atoms with van der Waals surface area (Å²) in [5, 5.41) is 9.57. The SMILES string of the molecule is CC/C=C(/Sc1ccc(C)cc1)C(C)O. The van der Waals surface area contributed by atoms with Crippen molar-refractivity contribution in [1.29, 1.82) is 0 Å². The molecule has 0 bridgehead atoms. The maximum absolute atomic E-state index is 9.57. The number of thioether (sulfide) groups is 1. The second-order valence-corrected chi connectivity index (χ2v) is 4.75. The zero-order valence-corrected chi connectivity index (χ0v) is 10.3. The van der Waals surface area contributed by atoms with Crippen molar-refractivity contribution in [2.75, 3.05) is 0 Å². The summed E-state index contributed by atoms with van der Waals surface area (Å²) in [5.41, 5.74) is 1.26. The van der Waals surface area contributed by atoms with Crippen LogP contribution >= 0.6 is 11.8 Å². The molecule has 0 amide bonds. The predicted octanol–water partition coefficient (Wildman–Crippen LogP) is 3.76. The Hall–Kier alpha value is -0.730. The van der Waals surface area contributed by atoms with Crippen LogP contribution in [-0.2, 0) is 0 Å². The summed E-state index contributed by atoms with van der Waals surface area (Å²) >= 11 is 1.64. The van der Waals surface area contributed by atoms with Crippen molar-refractivity contribution in [1.82, 2.24) is 0 Å². The van der Waals surface area contributed by atoms with Crippen molar-refractivity contribution < 1.29 is 5.11 Å². The molecule has 1 aromatic carbocycles. The third-order valence-electron chi connectivity index (χ3n) is 2.07. The van der Waals surface area contributed by atoms with E-state index in [-0.39, 0.29) is 6.10 Å². The van der Waals surface area contributed by atoms with Gasteiger partial charge in [0.15, 0.2) is 0 Å². The molecule has 1 unspecified atom stereocenters. The van der Waals surface area contributed by atoms with Gasteiger partial charge in [-0.15, -0.1) is 0 Å². The monoisotopic (exact) mass is 222 g/mol. The molecule has 0 aliphatic rings. The summed E-state index contributed by atoms with van der Waals surface area (Å²) in [6.45, 7) is 5.96. The van der Waals surface area contributed by atoms with Gasteiger partial charge in [-0.1, -0.05) is 42.5 Å². The van der Waals surface area contributed by atoms with Gasteiger partial charge in [0.05, 0.1) is 6.10 Å². The molecule has 15 heavy (non-hydrogen) atoms. The van der Waals surface area contributed by atoms with Crippen LogP contribution in [0.5, 0.6) is 0 Å². The van der Waals surface area contributed by atoms with E-state index in [0.717, 1.165) is 11.3 Å². The van der Waals surface area contributed by atoms with Crippen LogP contribution in [0.2, 0.25) is 0 Å². The molecule has 2 heteroatoms. The molecular weight excluding hydrogens is 204 g/mol. The van der Waals surface area contributed by atoms with Gasteiger partial charge in [0.1, 0.15) is 0 Å². The van der Waals surface area contributed by atoms with Crippen molar-refractivity contribution in [3.8, 4) is 0 Å². The fraction of sp³-hybridized carbons (Fsp3) is 0.385. The summed E-state index contributed by atoms with van der Waals surface area (Å²) in [7, 11) is 0. The number of aryl methyl sites for hydroxylation is 1. The van der Waals surface area contributed by atoms with Gasteiger partial charge in [-0.05, 0) is 32.4 Å². The Morgan fingerprint density at radius 3 is 2.47 bits per heavy atom. The summed E-state index contributed by atoms with van der Waals surface area (Å²) in [6.07, 6.45) is 2.66. The lowest BCUT2D eigenvalue weighted by Crippen LogP contribution is -2.01. The molecule has 0 aliphatic carbocycles. The van der Waals surface area contributed by atoms with Crippen LogP contribution in [0.25, 0.3) is 0 Å². The molecule has 1 atom stereocenters. The van der Waals surface area contributed by atoms with E-state index in [1.54, 1.807) is 11.8 Å². The summed E-state index contributed by atoms with van der Waals surface area (Å²) in [4.78, 5) is 2.21. The van der Waals surface area contributed by atoms with Gasteiger partial charge in [0.2, 0.25) is 0 Å². The predicted molar refractivity (Wildman–Crippen MR) is 67.1 cm³/mol. The summed E-state index contributed by atoms with van der Waals surface area (Å²) in [6, 6.07) is 8.36. The first-order chi connectivity index (χ1) is 7.13. The quantitative estimate of drug-likeness (QED) is 0.783. The highest BCUT2D eigenvalue weighted by atomic mass is 32.2. The lowest BCUT2D eigenvalue weighted by molar-refractivity contribution is 0.240. The number of benzene rings is 1. The van der Waals surface area contributed by atoms with E-state index < -0.39 is 0 Å². The molecule has 0 radical (unpaired) electrons. The highest BCUT2D eigenvalue weighted by molar-refractivity contribution is 8.03. The third-order valence-corrected chi connectivity index (χ3v) is 3.33. The van der Waals surface area contributed by atoms with Crippen molar-refractivity contribution in [2.24, 2.45) is 0 Å². The molecule has 0 heterocycles. The van der Waals surface area contributed by atoms with Crippen molar-refractivity contribution in [3.05, 3.63) is 40.8 Å². The normalized spacial score (nSPS) is 14.0. The van der Waals surface area contributed by atoms with Gasteiger partial charge in [-0.2, -0.15) is 0 Å². The van der Waals surface area contributed by atoms with Crippen molar-refractivity contribution in [2.45, 2.75) is 38.2 Å². The Balaban J connectivity index is 2.75. The maximum atomic E-state index is 9.57. The second kappa shape index (κ2) is 5.99. The zero-order chi connectivity index (χ0) is 11.3. The molecule has 1 nitrogen and oxygen atoms in total. The van der Waals surface area contributed by atoms with Gasteiger partial charge >= 0.3 is 0 Å². The minimum absolute atomic E-state index is 0.378. The van der Waals surface area contributed by atoms with E-state index in [1.165, 1.54) is 10.5 Å². The highest BCUT2D eigenvalue weighted by Gasteiger charge is 2.06. The van der Waals surface area contributed by atoms with Crippen LogP contribution in [-0.4, -0.2) is 11.2 Å². The van der Waals surface area contributed by atoms with Gasteiger partial charge in [0, 0.05) is 9.80 Å². The number of aliphatic hydroxyl groups is 1. The van der Waals surface area contributed by atoms with E-state index in [2.05, 4.69) is 44.2 Å². The van der Waals surface area contributed by atoms with E-state index in [1.807, 2.05) is 6.92 Å². The van der Waals surface area contributed by atoms with E-state index in [0.29, 0.717) is 0 Å². The molecule has 82 valence electrons. The summed E-state index contributed by atoms with van der Waals surface area (Å²) < 4.78 is 0. The van der Waals surface area contributed by atoms with E-state index in [4.69, 9.17) is 0 Å². The Morgan fingerprint density at radius 2 is 2.00 bits per heavy atom. The number of hydrogen-bond acceptors (Lipinski definition) is 2. The zero-order valence-electron chi connectivity index (χ0n) is 9.53. The van der Waals surface area contributed by atoms with Gasteiger partial charge in [-0.3, -0.25) is 0 Å². The second-order valence-electron chi connectivity index (χ2n) is 3.61. The Bertz CT molecular complexity index is 325. The Morgan fingerprint density at radius 1 is 1.40 bits per heavy atom. The van der Waals surface area contributed by atoms with Gasteiger partial charge < -0.3 is 5.11 Å². The minimum Gasteiger partial charge on any atom is -0.388 e. The first kappa shape index (κ1) is 12.3. The highest BCUT2D eigenvalue weighted by Crippen LogP contribution is 2.29. The topological polar surface area (TPSA) is 20.2 Å². The standard InChI is InChI=1S/C13H18OS/c1-4-5-13(11(3)14)15-12-8-6-10(2)7-9-12/h5-9,11,14H,4H2,1-3H3/b13-5+. The van der Waals surface area contributed by atoms with Crippen LogP contribution in [0.4, 0.5) is 0 Å². The average Bonchev–Trinajstić information content (AvgIpc) is 2.20. The molecule has 0 saturated carbocycles. The third kappa shape index (κ3) is 4.10. The molecular formula is C13H18OS. The van der Waals surface area contributed by atoms with E-state index >= 15 is 0 Å². The first-order valence-electron chi connectivity index (χ1n) is 5.26. The Labute approximate surface area is 96.2 Å². The number of aliphatic hydroxyl groups excluding tert-OH is 1. The Kier molecular flexibility index (Phi) is 4.92. The maximum Gasteiger partial charge on any atom is 0.0820 e. The van der Waals surface area contributed by atoms with Crippen LogP contribution in [0.3, 0.4) is 0 Å². The molecule has 1 rings (SSSR count). The molecule has 0 aliphatic heterocycles. The molecule has 0 aromatic heterocycles. The fourth-order valence-corrected chi connectivity index (χ4v) is 2.21. The van der Waals surface area contributed by atoms with Crippen molar-refractivity contribution in [3.63, 3.8) is 0 Å². The first-order valence-corrected chi connectivity index (χ1v) is 6.07. The van der Waals surface area contributed by atoms with E-state index in [9.17, 15) is 5.11 Å². The summed E-state index contributed by atoms with van der Waals surface area (Å²) in [5.74, 6) is 0. The lowest BCUT2D eigenvalue weighted by atomic mass is 10.2. The lowest BCUT2D eigenvalue weighted by Gasteiger charge is -2.10. The number of allylic oxidation sites excluding steroid dienone is 1. The van der Waals surface area contributed by atoms with Crippen LogP contribution in [0.15, 0.2) is 40.1 Å². The minimum atomic E-state index is -0.378. The molecule has 0 fully saturated rings.